The SMILES string of the molecule is CC(C)(C)OC(=O)N[C@@H](Cc1cc(I)c(Oc2cc(I)c(O)c(I)c2)c(I)c1)C(=O)OC(C)(C)C. The number of rotatable bonds is 6. The largest absolute Gasteiger partial charge is 0.506 e. The average molecular weight is 933 g/mol. The van der Waals surface area contributed by atoms with Crippen LogP contribution in [0.15, 0.2) is 24.3 Å². The number of hydrogen-bond donors (Lipinski definition) is 2. The number of alkyl carbamates (subject to hydrolysis) is 1. The summed E-state index contributed by atoms with van der Waals surface area (Å²) in [4.78, 5) is 25.3. The Morgan fingerprint density at radius 2 is 1.34 bits per heavy atom. The van der Waals surface area contributed by atoms with Crippen LogP contribution < -0.4 is 10.1 Å². The van der Waals surface area contributed by atoms with E-state index in [1.165, 1.54) is 0 Å². The van der Waals surface area contributed by atoms with Crippen LogP contribution in [0.1, 0.15) is 47.1 Å². The van der Waals surface area contributed by atoms with Crippen LogP contribution in [0.3, 0.4) is 0 Å². The molecule has 1 atom stereocenters. The Labute approximate surface area is 260 Å². The second kappa shape index (κ2) is 12.5. The number of carbonyl (C=O) groups is 2. The molecule has 2 rings (SSSR count). The van der Waals surface area contributed by atoms with Crippen molar-refractivity contribution in [3.05, 3.63) is 44.1 Å². The van der Waals surface area contributed by atoms with E-state index in [1.807, 2.05) is 12.1 Å². The van der Waals surface area contributed by atoms with Crippen molar-refractivity contribution in [2.75, 3.05) is 0 Å². The third-order valence-corrected chi connectivity index (χ3v) is 7.34. The fourth-order valence-corrected chi connectivity index (χ4v) is 6.63. The number of ether oxygens (including phenoxy) is 3. The third kappa shape index (κ3) is 10.2. The lowest BCUT2D eigenvalue weighted by Crippen LogP contribution is -2.47. The van der Waals surface area contributed by atoms with Gasteiger partial charge in [0.1, 0.15) is 28.7 Å². The molecule has 35 heavy (non-hydrogen) atoms. The number of benzene rings is 2. The molecule has 0 aliphatic heterocycles. The van der Waals surface area contributed by atoms with Crippen molar-refractivity contribution in [2.24, 2.45) is 0 Å². The molecule has 0 aliphatic rings. The molecule has 0 heterocycles. The van der Waals surface area contributed by atoms with Gasteiger partial charge in [0.25, 0.3) is 0 Å². The highest BCUT2D eigenvalue weighted by atomic mass is 127. The summed E-state index contributed by atoms with van der Waals surface area (Å²) in [5.41, 5.74) is -0.575. The van der Waals surface area contributed by atoms with Gasteiger partial charge in [0.2, 0.25) is 0 Å². The van der Waals surface area contributed by atoms with E-state index in [1.54, 1.807) is 53.7 Å². The highest BCUT2D eigenvalue weighted by molar-refractivity contribution is 14.1. The monoisotopic (exact) mass is 933 g/mol. The van der Waals surface area contributed by atoms with Crippen LogP contribution >= 0.6 is 90.4 Å². The summed E-state index contributed by atoms with van der Waals surface area (Å²) >= 11 is 8.48. The number of phenolic OH excluding ortho intramolecular Hbond substituents is 1. The zero-order valence-electron chi connectivity index (χ0n) is 20.1. The zero-order chi connectivity index (χ0) is 26.7. The number of carbonyl (C=O) groups excluding carboxylic acids is 2. The maximum absolute atomic E-state index is 12.9. The van der Waals surface area contributed by atoms with Gasteiger partial charge in [0.15, 0.2) is 5.75 Å². The van der Waals surface area contributed by atoms with E-state index >= 15 is 0 Å². The second-order valence-corrected chi connectivity index (χ2v) is 14.3. The predicted octanol–water partition coefficient (Wildman–Crippen LogP) is 7.38. The summed E-state index contributed by atoms with van der Waals surface area (Å²) < 4.78 is 20.1. The van der Waals surface area contributed by atoms with Crippen LogP contribution in [0, 0.1) is 14.3 Å². The summed E-state index contributed by atoms with van der Waals surface area (Å²) in [6.07, 6.45) is -0.468. The van der Waals surface area contributed by atoms with E-state index in [0.717, 1.165) is 12.7 Å². The maximum atomic E-state index is 12.9. The smallest absolute Gasteiger partial charge is 0.408 e. The van der Waals surface area contributed by atoms with Crippen molar-refractivity contribution < 1.29 is 28.9 Å². The van der Waals surface area contributed by atoms with Crippen LogP contribution in [0.5, 0.6) is 17.2 Å². The van der Waals surface area contributed by atoms with Crippen molar-refractivity contribution in [3.63, 3.8) is 0 Å². The first-order valence-electron chi connectivity index (χ1n) is 10.5. The van der Waals surface area contributed by atoms with Gasteiger partial charge in [0.05, 0.1) is 14.3 Å². The number of esters is 1. The minimum absolute atomic E-state index is 0.218. The predicted molar refractivity (Wildman–Crippen MR) is 168 cm³/mol. The lowest BCUT2D eigenvalue weighted by Gasteiger charge is -2.26. The van der Waals surface area contributed by atoms with Crippen LogP contribution in [0.25, 0.3) is 0 Å². The van der Waals surface area contributed by atoms with Gasteiger partial charge in [-0.1, -0.05) is 0 Å². The molecule has 0 saturated heterocycles. The topological polar surface area (TPSA) is 94.1 Å². The molecule has 7 nitrogen and oxygen atoms in total. The number of nitrogens with one attached hydrogen (secondary N) is 1. The Morgan fingerprint density at radius 3 is 1.80 bits per heavy atom. The highest BCUT2D eigenvalue weighted by Crippen LogP contribution is 2.37. The Kier molecular flexibility index (Phi) is 11.0. The van der Waals surface area contributed by atoms with E-state index in [2.05, 4.69) is 95.7 Å². The van der Waals surface area contributed by atoms with E-state index < -0.39 is 29.3 Å². The average Bonchev–Trinajstić information content (AvgIpc) is 2.65. The summed E-state index contributed by atoms with van der Waals surface area (Å²) in [6.45, 7) is 10.6. The highest BCUT2D eigenvalue weighted by Gasteiger charge is 2.29. The molecule has 0 bridgehead atoms. The first kappa shape index (κ1) is 30.9. The van der Waals surface area contributed by atoms with Crippen molar-refractivity contribution in [1.82, 2.24) is 5.32 Å². The molecule has 0 fully saturated rings. The Bertz CT molecular complexity index is 1060. The summed E-state index contributed by atoms with van der Waals surface area (Å²) in [5, 5.41) is 12.7. The molecule has 0 aromatic heterocycles. The minimum atomic E-state index is -0.928. The first-order valence-corrected chi connectivity index (χ1v) is 14.8. The number of hydrogen-bond acceptors (Lipinski definition) is 6. The van der Waals surface area contributed by atoms with Gasteiger partial charge in [-0.2, -0.15) is 0 Å². The quantitative estimate of drug-likeness (QED) is 0.232. The molecule has 0 unspecified atom stereocenters. The summed E-state index contributed by atoms with van der Waals surface area (Å²) in [7, 11) is 0. The molecule has 1 amide bonds. The van der Waals surface area contributed by atoms with E-state index in [0.29, 0.717) is 18.6 Å². The molecular formula is C24H27I4NO6. The van der Waals surface area contributed by atoms with Crippen LogP contribution in [-0.2, 0) is 20.7 Å². The lowest BCUT2D eigenvalue weighted by atomic mass is 10.1. The van der Waals surface area contributed by atoms with Crippen molar-refractivity contribution in [2.45, 2.75) is 65.2 Å². The molecule has 11 heteroatoms. The summed E-state index contributed by atoms with van der Waals surface area (Å²) in [5.74, 6) is 0.963. The third-order valence-electron chi connectivity index (χ3n) is 4.09. The van der Waals surface area contributed by atoms with Crippen LogP contribution in [0.2, 0.25) is 0 Å². The van der Waals surface area contributed by atoms with Gasteiger partial charge in [0, 0.05) is 6.42 Å². The second-order valence-electron chi connectivity index (χ2n) is 9.66. The van der Waals surface area contributed by atoms with Gasteiger partial charge in [-0.15, -0.1) is 0 Å². The fourth-order valence-electron chi connectivity index (χ4n) is 2.80. The molecule has 2 aromatic carbocycles. The number of aromatic hydroxyl groups is 1. The molecule has 2 aromatic rings. The Morgan fingerprint density at radius 1 is 0.857 bits per heavy atom. The van der Waals surface area contributed by atoms with Gasteiger partial charge >= 0.3 is 12.1 Å². The zero-order valence-corrected chi connectivity index (χ0v) is 28.7. The molecule has 0 radical (unpaired) electrons. The lowest BCUT2D eigenvalue weighted by molar-refractivity contribution is -0.157. The Balaban J connectivity index is 2.30. The maximum Gasteiger partial charge on any atom is 0.408 e. The number of phenols is 1. The molecule has 192 valence electrons. The van der Waals surface area contributed by atoms with Crippen LogP contribution in [-0.4, -0.2) is 34.4 Å². The van der Waals surface area contributed by atoms with Gasteiger partial charge in [-0.3, -0.25) is 0 Å². The van der Waals surface area contributed by atoms with Crippen molar-refractivity contribution in [3.8, 4) is 17.2 Å². The Hall–Kier alpha value is -0.300. The van der Waals surface area contributed by atoms with Gasteiger partial charge < -0.3 is 24.6 Å². The molecule has 0 spiro atoms. The molecule has 0 aliphatic carbocycles. The van der Waals surface area contributed by atoms with E-state index in [-0.39, 0.29) is 12.2 Å². The van der Waals surface area contributed by atoms with Crippen LogP contribution in [0.4, 0.5) is 4.79 Å². The molecule has 2 N–H and O–H groups in total. The standard InChI is InChI=1S/C24H27I4NO6/c1-23(2,3)34-21(31)18(29-22(32)35-24(4,5)6)9-12-7-16(27)20(17(28)8-12)33-13-10-14(25)19(30)15(26)11-13/h7-8,10-11,18,30H,9H2,1-6H3,(H,29,32)/t18-/m0/s1. The molecular weight excluding hydrogens is 906 g/mol. The summed E-state index contributed by atoms with van der Waals surface area (Å²) in [6, 6.07) is 6.41. The fraction of sp³-hybridized carbons (Fsp3) is 0.417. The van der Waals surface area contributed by atoms with Gasteiger partial charge in [-0.05, 0) is 162 Å². The van der Waals surface area contributed by atoms with Crippen molar-refractivity contribution in [1.29, 1.82) is 0 Å². The number of amides is 1. The first-order chi connectivity index (χ1) is 15.9. The van der Waals surface area contributed by atoms with E-state index in [4.69, 9.17) is 14.2 Å². The minimum Gasteiger partial charge on any atom is -0.506 e. The molecule has 0 saturated carbocycles. The van der Waals surface area contributed by atoms with Gasteiger partial charge in [-0.25, -0.2) is 9.59 Å². The number of halogens is 4. The van der Waals surface area contributed by atoms with Crippen molar-refractivity contribution >= 4 is 102 Å². The normalized spacial score (nSPS) is 12.6. The van der Waals surface area contributed by atoms with E-state index in [9.17, 15) is 14.7 Å².